The fraction of sp³-hybridized carbons (Fsp3) is 0.160. The van der Waals surface area contributed by atoms with Crippen molar-refractivity contribution in [3.8, 4) is 0 Å². The van der Waals surface area contributed by atoms with Gasteiger partial charge in [-0.2, -0.15) is 0 Å². The molecule has 33 heavy (non-hydrogen) atoms. The maximum Gasteiger partial charge on any atom is 0.252 e. The Bertz CT molecular complexity index is 1230. The molecule has 2 N–H and O–H groups in total. The maximum atomic E-state index is 14.9. The number of hydrogen-bond acceptors (Lipinski definition) is 4. The number of benzene rings is 2. The molecule has 0 bridgehead atoms. The number of allylic oxidation sites excluding steroid dienone is 1. The first-order valence-corrected chi connectivity index (χ1v) is 10.7. The molecule has 8 heteroatoms. The Labute approximate surface area is 194 Å². The predicted molar refractivity (Wildman–Crippen MR) is 123 cm³/mol. The fourth-order valence-corrected chi connectivity index (χ4v) is 3.97. The van der Waals surface area contributed by atoms with E-state index in [4.69, 9.17) is 11.6 Å². The summed E-state index contributed by atoms with van der Waals surface area (Å²) in [6, 6.07) is 14.7. The number of aromatic nitrogens is 1. The molecule has 0 spiro atoms. The van der Waals surface area contributed by atoms with Crippen molar-refractivity contribution in [2.75, 3.05) is 13.2 Å². The van der Waals surface area contributed by atoms with Crippen LogP contribution in [0.1, 0.15) is 27.2 Å². The van der Waals surface area contributed by atoms with Gasteiger partial charge in [-0.25, -0.2) is 8.78 Å². The molecule has 1 aliphatic rings. The van der Waals surface area contributed by atoms with Gasteiger partial charge in [0.05, 0.1) is 35.5 Å². The van der Waals surface area contributed by atoms with Crippen molar-refractivity contribution in [3.63, 3.8) is 0 Å². The maximum absolute atomic E-state index is 14.9. The zero-order chi connectivity index (χ0) is 23.4. The van der Waals surface area contributed by atoms with Crippen LogP contribution in [-0.4, -0.2) is 40.9 Å². The van der Waals surface area contributed by atoms with Crippen LogP contribution in [0.2, 0.25) is 0 Å². The molecular weight excluding hydrogens is 448 g/mol. The number of carbonyl (C=O) groups excluding carboxylic acids is 1. The third-order valence-electron chi connectivity index (χ3n) is 5.29. The van der Waals surface area contributed by atoms with Gasteiger partial charge in [-0.05, 0) is 42.0 Å². The van der Waals surface area contributed by atoms with E-state index in [1.54, 1.807) is 30.5 Å². The second-order valence-electron chi connectivity index (χ2n) is 7.50. The molecule has 1 aromatic heterocycles. The van der Waals surface area contributed by atoms with Crippen LogP contribution in [0.15, 0.2) is 76.9 Å². The van der Waals surface area contributed by atoms with Crippen molar-refractivity contribution in [1.82, 2.24) is 10.3 Å². The van der Waals surface area contributed by atoms with E-state index in [0.29, 0.717) is 23.3 Å². The van der Waals surface area contributed by atoms with Gasteiger partial charge >= 0.3 is 0 Å². The number of aliphatic hydroxyl groups is 1. The van der Waals surface area contributed by atoms with E-state index in [0.717, 1.165) is 0 Å². The van der Waals surface area contributed by atoms with Crippen LogP contribution in [0.4, 0.5) is 8.78 Å². The molecule has 0 fully saturated rings. The Morgan fingerprint density at radius 3 is 2.58 bits per heavy atom. The zero-order valence-corrected chi connectivity index (χ0v) is 18.2. The number of hydrogen-bond donors (Lipinski definition) is 2. The molecule has 168 valence electrons. The molecular formula is C25H20ClF2N3O2. The second kappa shape index (κ2) is 10.0. The van der Waals surface area contributed by atoms with Crippen LogP contribution >= 0.6 is 11.6 Å². The minimum absolute atomic E-state index is 0.0216. The molecule has 2 aromatic carbocycles. The molecule has 2 heterocycles. The van der Waals surface area contributed by atoms with E-state index in [1.807, 2.05) is 6.07 Å². The highest BCUT2D eigenvalue weighted by molar-refractivity contribution is 6.50. The highest BCUT2D eigenvalue weighted by Crippen LogP contribution is 2.32. The largest absolute Gasteiger partial charge is 0.394 e. The highest BCUT2D eigenvalue weighted by atomic mass is 35.5. The van der Waals surface area contributed by atoms with Crippen LogP contribution in [0.25, 0.3) is 5.57 Å². The third-order valence-corrected chi connectivity index (χ3v) is 5.70. The summed E-state index contributed by atoms with van der Waals surface area (Å²) in [7, 11) is 0. The quantitative estimate of drug-likeness (QED) is 0.548. The molecule has 0 saturated heterocycles. The number of aliphatic imine (C=N–C) groups is 1. The normalized spacial score (nSPS) is 14.2. The molecule has 0 saturated carbocycles. The SMILES string of the molecule is O=C(N[C@@H](CO)Cc1ccccn1)c1cccc(F)c1C1=NCC(c2ccc(F)cc2)=C1Cl. The molecule has 4 rings (SSSR count). The minimum Gasteiger partial charge on any atom is -0.394 e. The van der Waals surface area contributed by atoms with Crippen molar-refractivity contribution in [2.45, 2.75) is 12.5 Å². The molecule has 1 atom stereocenters. The smallest absolute Gasteiger partial charge is 0.252 e. The van der Waals surface area contributed by atoms with Crippen LogP contribution in [0.3, 0.4) is 0 Å². The van der Waals surface area contributed by atoms with Crippen molar-refractivity contribution in [2.24, 2.45) is 4.99 Å². The number of aliphatic hydroxyl groups excluding tert-OH is 1. The molecule has 0 aliphatic carbocycles. The van der Waals surface area contributed by atoms with Crippen molar-refractivity contribution in [1.29, 1.82) is 0 Å². The average molecular weight is 468 g/mol. The summed E-state index contributed by atoms with van der Waals surface area (Å²) < 4.78 is 28.2. The Balaban J connectivity index is 1.62. The lowest BCUT2D eigenvalue weighted by atomic mass is 9.98. The standard InChI is InChI=1S/C25H20ClF2N3O2/c26-23-20(15-7-9-16(27)10-8-15)13-30-24(23)22-19(5-3-6-21(22)28)25(33)31-18(14-32)12-17-4-1-2-11-29-17/h1-11,18,32H,12-14H2,(H,31,33)/t18-/m1/s1. The van der Waals surface area contributed by atoms with E-state index in [1.165, 1.54) is 30.3 Å². The number of rotatable bonds is 7. The van der Waals surface area contributed by atoms with Crippen molar-refractivity contribution >= 4 is 28.8 Å². The average Bonchev–Trinajstić information content (AvgIpc) is 3.20. The van der Waals surface area contributed by atoms with E-state index in [9.17, 15) is 18.7 Å². The number of halogens is 3. The van der Waals surface area contributed by atoms with Crippen LogP contribution in [0.5, 0.6) is 0 Å². The van der Waals surface area contributed by atoms with E-state index >= 15 is 0 Å². The number of pyridine rings is 1. The summed E-state index contributed by atoms with van der Waals surface area (Å²) in [6.45, 7) is -0.141. The van der Waals surface area contributed by atoms with Gasteiger partial charge in [0, 0.05) is 29.4 Å². The predicted octanol–water partition coefficient (Wildman–Crippen LogP) is 4.15. The van der Waals surface area contributed by atoms with Crippen molar-refractivity contribution < 1.29 is 18.7 Å². The Hall–Kier alpha value is -3.42. The van der Waals surface area contributed by atoms with E-state index in [-0.39, 0.29) is 40.8 Å². The van der Waals surface area contributed by atoms with Gasteiger partial charge in [-0.1, -0.05) is 35.9 Å². The van der Waals surface area contributed by atoms with Crippen LogP contribution < -0.4 is 5.32 Å². The molecule has 0 radical (unpaired) electrons. The van der Waals surface area contributed by atoms with Crippen LogP contribution in [0, 0.1) is 11.6 Å². The Morgan fingerprint density at radius 1 is 1.09 bits per heavy atom. The third kappa shape index (κ3) is 4.99. The summed E-state index contributed by atoms with van der Waals surface area (Å²) in [6.07, 6.45) is 1.94. The summed E-state index contributed by atoms with van der Waals surface area (Å²) in [4.78, 5) is 21.6. The summed E-state index contributed by atoms with van der Waals surface area (Å²) in [5.74, 6) is -1.60. The summed E-state index contributed by atoms with van der Waals surface area (Å²) in [5.41, 5.74) is 2.16. The number of amides is 1. The van der Waals surface area contributed by atoms with Gasteiger partial charge in [0.15, 0.2) is 0 Å². The van der Waals surface area contributed by atoms with Crippen LogP contribution in [-0.2, 0) is 6.42 Å². The lowest BCUT2D eigenvalue weighted by Crippen LogP contribution is -2.40. The van der Waals surface area contributed by atoms with Gasteiger partial charge < -0.3 is 10.4 Å². The van der Waals surface area contributed by atoms with Gasteiger partial charge in [0.1, 0.15) is 11.6 Å². The summed E-state index contributed by atoms with van der Waals surface area (Å²) >= 11 is 6.55. The van der Waals surface area contributed by atoms with Gasteiger partial charge in [-0.15, -0.1) is 0 Å². The Morgan fingerprint density at radius 2 is 1.88 bits per heavy atom. The monoisotopic (exact) mass is 467 g/mol. The molecule has 5 nitrogen and oxygen atoms in total. The minimum atomic E-state index is -0.648. The molecule has 1 aliphatic heterocycles. The lowest BCUT2D eigenvalue weighted by molar-refractivity contribution is 0.0915. The van der Waals surface area contributed by atoms with E-state index in [2.05, 4.69) is 15.3 Å². The first kappa shape index (κ1) is 22.8. The summed E-state index contributed by atoms with van der Waals surface area (Å²) in [5, 5.41) is 12.7. The topological polar surface area (TPSA) is 74.6 Å². The number of nitrogens with one attached hydrogen (secondary N) is 1. The zero-order valence-electron chi connectivity index (χ0n) is 17.4. The molecule has 0 unspecified atom stereocenters. The first-order valence-electron chi connectivity index (χ1n) is 10.3. The van der Waals surface area contributed by atoms with Gasteiger partial charge in [0.2, 0.25) is 0 Å². The first-order chi connectivity index (χ1) is 16.0. The fourth-order valence-electron chi connectivity index (χ4n) is 3.65. The second-order valence-corrected chi connectivity index (χ2v) is 7.88. The lowest BCUT2D eigenvalue weighted by Gasteiger charge is -2.18. The molecule has 3 aromatic rings. The Kier molecular flexibility index (Phi) is 6.91. The molecule has 1 amide bonds. The van der Waals surface area contributed by atoms with Gasteiger partial charge in [0.25, 0.3) is 5.91 Å². The van der Waals surface area contributed by atoms with E-state index < -0.39 is 17.8 Å². The van der Waals surface area contributed by atoms with Gasteiger partial charge in [-0.3, -0.25) is 14.8 Å². The number of nitrogens with zero attached hydrogens (tertiary/aromatic N) is 2. The number of carbonyl (C=O) groups is 1. The van der Waals surface area contributed by atoms with Crippen molar-refractivity contribution in [3.05, 3.63) is 106 Å². The highest BCUT2D eigenvalue weighted by Gasteiger charge is 2.28.